The topological polar surface area (TPSA) is 123 Å². The number of nitrogens with zero attached hydrogens (tertiary/aromatic N) is 3. The Kier molecular flexibility index (Phi) is 10.0. The average molecular weight is 674 g/mol. The van der Waals surface area contributed by atoms with Gasteiger partial charge in [0.15, 0.2) is 23.0 Å². The normalized spacial score (nSPS) is 17.3. The highest BCUT2D eigenvalue weighted by Crippen LogP contribution is 2.39. The number of halogens is 1. The van der Waals surface area contributed by atoms with Crippen LogP contribution in [-0.2, 0) is 20.9 Å². The van der Waals surface area contributed by atoms with Gasteiger partial charge in [0.25, 0.3) is 0 Å². The Balaban J connectivity index is 1.09. The largest absolute Gasteiger partial charge is 0.453 e. The Labute approximate surface area is 283 Å². The molecule has 252 valence electrons. The molecule has 2 N–H and O–H groups in total. The van der Waals surface area contributed by atoms with E-state index < -0.39 is 17.4 Å². The lowest BCUT2D eigenvalue weighted by atomic mass is 9.84. The molecule has 1 unspecified atom stereocenters. The van der Waals surface area contributed by atoms with E-state index in [9.17, 15) is 18.8 Å². The molecule has 1 aromatic carbocycles. The van der Waals surface area contributed by atoms with Crippen molar-refractivity contribution >= 4 is 45.0 Å². The second-order valence-electron chi connectivity index (χ2n) is 13.0. The first-order valence-corrected chi connectivity index (χ1v) is 17.2. The maximum absolute atomic E-state index is 15.0. The molecule has 1 atom stereocenters. The van der Waals surface area contributed by atoms with Gasteiger partial charge in [0.1, 0.15) is 5.75 Å². The summed E-state index contributed by atoms with van der Waals surface area (Å²) in [5.74, 6) is -0.672. The molecule has 0 radical (unpaired) electrons. The number of nitrogens with one attached hydrogen (secondary N) is 2. The Hall–Kier alpha value is -4.42. The Morgan fingerprint density at radius 1 is 1.00 bits per heavy atom. The number of benzene rings is 1. The predicted octanol–water partition coefficient (Wildman–Crippen LogP) is 7.48. The number of Topliss-reactive ketones (excluding diaryl/α,β-unsaturated/α-hetero) is 1. The number of ketones is 1. The zero-order valence-corrected chi connectivity index (χ0v) is 28.2. The van der Waals surface area contributed by atoms with E-state index in [2.05, 4.69) is 26.6 Å². The van der Waals surface area contributed by atoms with Crippen LogP contribution in [0.4, 0.5) is 14.9 Å². The Morgan fingerprint density at radius 2 is 1.83 bits per heavy atom. The number of pyridine rings is 2. The molecule has 0 spiro atoms. The number of rotatable bonds is 10. The second-order valence-corrected chi connectivity index (χ2v) is 14.1. The molecule has 2 fully saturated rings. The highest BCUT2D eigenvalue weighted by molar-refractivity contribution is 7.22. The molecule has 4 heterocycles. The highest BCUT2D eigenvalue weighted by Gasteiger charge is 2.36. The van der Waals surface area contributed by atoms with Gasteiger partial charge in [-0.05, 0) is 88.9 Å². The van der Waals surface area contributed by atoms with Crippen LogP contribution in [0.25, 0.3) is 20.8 Å². The summed E-state index contributed by atoms with van der Waals surface area (Å²) in [5.41, 5.74) is 1.81. The zero-order valence-electron chi connectivity index (χ0n) is 27.4. The third kappa shape index (κ3) is 8.35. The number of carbonyl (C=O) groups excluding carboxylic acids is 3. The van der Waals surface area contributed by atoms with E-state index in [4.69, 9.17) is 14.5 Å². The van der Waals surface area contributed by atoms with Crippen LogP contribution in [0.5, 0.6) is 11.5 Å². The molecular weight excluding hydrogens is 633 g/mol. The molecular formula is C36H40FN5O5S. The Bertz CT molecular complexity index is 1810. The van der Waals surface area contributed by atoms with Gasteiger partial charge in [-0.1, -0.05) is 12.5 Å². The summed E-state index contributed by atoms with van der Waals surface area (Å²) < 4.78 is 27.1. The van der Waals surface area contributed by atoms with Crippen LogP contribution in [0.3, 0.4) is 0 Å². The van der Waals surface area contributed by atoms with Crippen molar-refractivity contribution in [1.29, 1.82) is 0 Å². The second kappa shape index (κ2) is 14.4. The van der Waals surface area contributed by atoms with Crippen LogP contribution in [0, 0.1) is 11.7 Å². The number of fused-ring (bicyclic) bond motifs is 1. The van der Waals surface area contributed by atoms with Crippen LogP contribution in [0.1, 0.15) is 64.9 Å². The van der Waals surface area contributed by atoms with Crippen LogP contribution in [0.2, 0.25) is 0 Å². The quantitative estimate of drug-likeness (QED) is 0.166. The van der Waals surface area contributed by atoms with Crippen molar-refractivity contribution in [3.63, 3.8) is 0 Å². The summed E-state index contributed by atoms with van der Waals surface area (Å²) in [5, 5.41) is 5.47. The SMILES string of the molecule is CC(=O)OC(C)(C)C(=O)C1CCCCN(Cc2ccc(-c3cc4nccc(Oc5ccc(NC(=O)NC6CC6)cc5F)c4s3)nc2)CC1. The summed E-state index contributed by atoms with van der Waals surface area (Å²) in [7, 11) is 0. The number of likely N-dealkylation sites (tertiary alicyclic amines) is 1. The van der Waals surface area contributed by atoms with E-state index in [0.29, 0.717) is 11.4 Å². The van der Waals surface area contributed by atoms with Gasteiger partial charge in [-0.2, -0.15) is 0 Å². The molecule has 10 nitrogen and oxygen atoms in total. The number of hydrogen-bond donors (Lipinski definition) is 2. The Morgan fingerprint density at radius 3 is 2.56 bits per heavy atom. The summed E-state index contributed by atoms with van der Waals surface area (Å²) in [6, 6.07) is 11.9. The number of thiophene rings is 1. The fourth-order valence-corrected chi connectivity index (χ4v) is 7.09. The predicted molar refractivity (Wildman–Crippen MR) is 183 cm³/mol. The minimum Gasteiger partial charge on any atom is -0.453 e. The molecule has 0 bridgehead atoms. The molecule has 1 aliphatic carbocycles. The standard InChI is InChI=1S/C36H40FN5O5S/c1-22(43)47-36(2,3)34(44)24-6-4-5-16-42(17-14-24)21-23-7-11-28(39-20-23)32-19-29-33(48-32)31(13-15-38-29)46-30-12-10-26(18-27(30)37)41-35(45)40-25-8-9-25/h7,10-13,15,18-20,24-25H,4-6,8-9,14,16-17,21H2,1-3H3,(H2,40,41,45). The van der Waals surface area contributed by atoms with Gasteiger partial charge in [0.05, 0.1) is 20.8 Å². The first-order valence-electron chi connectivity index (χ1n) is 16.4. The van der Waals surface area contributed by atoms with Crippen molar-refractivity contribution in [1.82, 2.24) is 20.2 Å². The summed E-state index contributed by atoms with van der Waals surface area (Å²) in [4.78, 5) is 49.2. The van der Waals surface area contributed by atoms with Crippen molar-refractivity contribution in [3.8, 4) is 22.1 Å². The first-order chi connectivity index (χ1) is 23.0. The molecule has 3 aromatic heterocycles. The van der Waals surface area contributed by atoms with Crippen molar-refractivity contribution in [2.24, 2.45) is 5.92 Å². The number of anilines is 1. The summed E-state index contributed by atoms with van der Waals surface area (Å²) in [6.07, 6.45) is 8.90. The van der Waals surface area contributed by atoms with E-state index in [1.54, 1.807) is 32.2 Å². The van der Waals surface area contributed by atoms with Crippen LogP contribution < -0.4 is 15.4 Å². The van der Waals surface area contributed by atoms with Crippen LogP contribution in [0.15, 0.2) is 54.9 Å². The lowest BCUT2D eigenvalue weighted by Crippen LogP contribution is -2.42. The maximum Gasteiger partial charge on any atom is 0.319 e. The van der Waals surface area contributed by atoms with Gasteiger partial charge in [0, 0.05) is 55.6 Å². The third-order valence-electron chi connectivity index (χ3n) is 8.62. The van der Waals surface area contributed by atoms with Gasteiger partial charge in [-0.25, -0.2) is 9.18 Å². The first kappa shape index (κ1) is 33.5. The van der Waals surface area contributed by atoms with Gasteiger partial charge >= 0.3 is 12.0 Å². The minimum atomic E-state index is -1.12. The number of hydrogen-bond acceptors (Lipinski definition) is 9. The monoisotopic (exact) mass is 673 g/mol. The van der Waals surface area contributed by atoms with Crippen LogP contribution >= 0.6 is 11.3 Å². The maximum atomic E-state index is 15.0. The molecule has 6 rings (SSSR count). The third-order valence-corrected chi connectivity index (χ3v) is 9.78. The smallest absolute Gasteiger partial charge is 0.319 e. The molecule has 1 saturated carbocycles. The number of carbonyl (C=O) groups is 3. The van der Waals surface area contributed by atoms with E-state index in [-0.39, 0.29) is 29.5 Å². The molecule has 1 aliphatic heterocycles. The van der Waals surface area contributed by atoms with Crippen molar-refractivity contribution in [3.05, 3.63) is 66.2 Å². The number of amides is 2. The molecule has 12 heteroatoms. The van der Waals surface area contributed by atoms with Gasteiger partial charge in [0.2, 0.25) is 0 Å². The molecule has 2 aliphatic rings. The zero-order chi connectivity index (χ0) is 33.8. The fourth-order valence-electron chi connectivity index (χ4n) is 6.05. The van der Waals surface area contributed by atoms with E-state index in [0.717, 1.165) is 84.5 Å². The number of ether oxygens (including phenoxy) is 2. The summed E-state index contributed by atoms with van der Waals surface area (Å²) >= 11 is 1.47. The highest BCUT2D eigenvalue weighted by atomic mass is 32.1. The van der Waals surface area contributed by atoms with E-state index in [1.807, 2.05) is 18.3 Å². The number of aromatic nitrogens is 2. The molecule has 4 aromatic rings. The average Bonchev–Trinajstić information content (AvgIpc) is 3.73. The number of urea groups is 1. The van der Waals surface area contributed by atoms with E-state index >= 15 is 0 Å². The fraction of sp³-hybridized carbons (Fsp3) is 0.417. The van der Waals surface area contributed by atoms with Crippen molar-refractivity contribution in [2.75, 3.05) is 18.4 Å². The van der Waals surface area contributed by atoms with Crippen molar-refractivity contribution in [2.45, 2.75) is 77.5 Å². The van der Waals surface area contributed by atoms with Gasteiger partial charge in [-0.3, -0.25) is 24.5 Å². The van der Waals surface area contributed by atoms with Crippen molar-refractivity contribution < 1.29 is 28.2 Å². The molecule has 2 amide bonds. The van der Waals surface area contributed by atoms with Crippen LogP contribution in [-0.4, -0.2) is 57.4 Å². The minimum absolute atomic E-state index is 0.0119. The lowest BCUT2D eigenvalue weighted by Gasteiger charge is -2.32. The van der Waals surface area contributed by atoms with Gasteiger partial charge < -0.3 is 20.1 Å². The summed E-state index contributed by atoms with van der Waals surface area (Å²) in [6.45, 7) is 7.12. The molecule has 1 saturated heterocycles. The lowest BCUT2D eigenvalue weighted by molar-refractivity contribution is -0.164. The molecule has 48 heavy (non-hydrogen) atoms. The van der Waals surface area contributed by atoms with E-state index in [1.165, 1.54) is 30.4 Å². The van der Waals surface area contributed by atoms with Gasteiger partial charge in [-0.15, -0.1) is 11.3 Å². The number of esters is 1.